The Morgan fingerprint density at radius 1 is 1.31 bits per heavy atom. The van der Waals surface area contributed by atoms with E-state index in [0.717, 1.165) is 36.6 Å². The number of rotatable bonds is 7. The van der Waals surface area contributed by atoms with Gasteiger partial charge >= 0.3 is 6.09 Å². The standard InChI is InChI=1S/C16H27N5O4S/c1-24-9-7-13-19-15(26-20-13)18-12-6-4-3-5-8-21(11-12)14(22)10-17-16(23)25-2/h12H,3-11H2,1-2H3,(H,17,23)(H,18,19,20). The number of nitrogens with zero attached hydrogens (tertiary/aromatic N) is 3. The van der Waals surface area contributed by atoms with Gasteiger partial charge in [-0.05, 0) is 12.8 Å². The number of ether oxygens (including phenoxy) is 2. The first-order chi connectivity index (χ1) is 12.6. The quantitative estimate of drug-likeness (QED) is 0.728. The normalized spacial score (nSPS) is 17.9. The van der Waals surface area contributed by atoms with E-state index >= 15 is 0 Å². The van der Waals surface area contributed by atoms with Crippen molar-refractivity contribution in [2.24, 2.45) is 0 Å². The van der Waals surface area contributed by atoms with Crippen molar-refractivity contribution in [3.8, 4) is 0 Å². The van der Waals surface area contributed by atoms with Gasteiger partial charge in [0.1, 0.15) is 12.4 Å². The predicted octanol–water partition coefficient (Wildman–Crippen LogP) is 1.27. The van der Waals surface area contributed by atoms with Crippen LogP contribution in [0.3, 0.4) is 0 Å². The second-order valence-corrected chi connectivity index (χ2v) is 6.89. The molecule has 0 aliphatic carbocycles. The number of likely N-dealkylation sites (tertiary alicyclic amines) is 1. The molecule has 0 aromatic carbocycles. The van der Waals surface area contributed by atoms with Gasteiger partial charge in [0, 0.05) is 44.2 Å². The minimum Gasteiger partial charge on any atom is -0.453 e. The molecule has 0 saturated carbocycles. The molecule has 1 unspecified atom stereocenters. The lowest BCUT2D eigenvalue weighted by Crippen LogP contribution is -2.46. The minimum atomic E-state index is -0.600. The Morgan fingerprint density at radius 2 is 2.15 bits per heavy atom. The van der Waals surface area contributed by atoms with Crippen LogP contribution in [-0.2, 0) is 20.7 Å². The SMILES string of the molecule is COCCc1nsc(NC2CCCCCN(C(=O)CNC(=O)OC)C2)n1. The van der Waals surface area contributed by atoms with Crippen LogP contribution in [0.1, 0.15) is 31.5 Å². The van der Waals surface area contributed by atoms with Crippen LogP contribution in [0, 0.1) is 0 Å². The molecule has 2 N–H and O–H groups in total. The van der Waals surface area contributed by atoms with Crippen molar-refractivity contribution in [2.45, 2.75) is 38.1 Å². The average molecular weight is 385 g/mol. The van der Waals surface area contributed by atoms with E-state index in [1.165, 1.54) is 18.6 Å². The van der Waals surface area contributed by atoms with E-state index in [2.05, 4.69) is 24.7 Å². The predicted molar refractivity (Wildman–Crippen MR) is 98.4 cm³/mol. The van der Waals surface area contributed by atoms with Gasteiger partial charge in [-0.3, -0.25) is 4.79 Å². The molecular weight excluding hydrogens is 358 g/mol. The van der Waals surface area contributed by atoms with Crippen LogP contribution in [0.2, 0.25) is 0 Å². The van der Waals surface area contributed by atoms with Crippen LogP contribution in [0.4, 0.5) is 9.93 Å². The molecule has 1 aliphatic rings. The highest BCUT2D eigenvalue weighted by atomic mass is 32.1. The summed E-state index contributed by atoms with van der Waals surface area (Å²) in [5.74, 6) is 0.655. The minimum absolute atomic E-state index is 0.0562. The summed E-state index contributed by atoms with van der Waals surface area (Å²) in [6, 6.07) is 0.112. The smallest absolute Gasteiger partial charge is 0.407 e. The summed E-state index contributed by atoms with van der Waals surface area (Å²) in [6.07, 6.45) is 4.19. The monoisotopic (exact) mass is 385 g/mol. The summed E-state index contributed by atoms with van der Waals surface area (Å²) in [5, 5.41) is 6.62. The lowest BCUT2D eigenvalue weighted by Gasteiger charge is -2.30. The molecule has 10 heteroatoms. The summed E-state index contributed by atoms with van der Waals surface area (Å²) in [6.45, 7) is 1.80. The molecule has 0 radical (unpaired) electrons. The third-order valence-corrected chi connectivity index (χ3v) is 4.85. The highest BCUT2D eigenvalue weighted by Crippen LogP contribution is 2.18. The Morgan fingerprint density at radius 3 is 2.92 bits per heavy atom. The number of hydrogen-bond acceptors (Lipinski definition) is 8. The van der Waals surface area contributed by atoms with E-state index in [9.17, 15) is 9.59 Å². The molecule has 2 heterocycles. The van der Waals surface area contributed by atoms with Gasteiger partial charge in [-0.1, -0.05) is 12.8 Å². The van der Waals surface area contributed by atoms with Crippen molar-refractivity contribution in [3.63, 3.8) is 0 Å². The number of anilines is 1. The number of carbonyl (C=O) groups excluding carboxylic acids is 2. The highest BCUT2D eigenvalue weighted by Gasteiger charge is 2.22. The fourth-order valence-corrected chi connectivity index (χ4v) is 3.47. The maximum Gasteiger partial charge on any atom is 0.407 e. The lowest BCUT2D eigenvalue weighted by molar-refractivity contribution is -0.130. The van der Waals surface area contributed by atoms with E-state index in [0.29, 0.717) is 26.1 Å². The first-order valence-corrected chi connectivity index (χ1v) is 9.57. The Labute approximate surface area is 157 Å². The first-order valence-electron chi connectivity index (χ1n) is 8.80. The van der Waals surface area contributed by atoms with Gasteiger partial charge in [-0.2, -0.15) is 4.37 Å². The number of aromatic nitrogens is 2. The molecule has 26 heavy (non-hydrogen) atoms. The summed E-state index contributed by atoms with van der Waals surface area (Å²) >= 11 is 1.33. The van der Waals surface area contributed by atoms with Crippen LogP contribution < -0.4 is 10.6 Å². The van der Waals surface area contributed by atoms with Crippen LogP contribution in [0.5, 0.6) is 0 Å². The van der Waals surface area contributed by atoms with Crippen molar-refractivity contribution in [1.82, 2.24) is 19.6 Å². The van der Waals surface area contributed by atoms with Gasteiger partial charge in [-0.25, -0.2) is 9.78 Å². The van der Waals surface area contributed by atoms with Gasteiger partial charge in [-0.15, -0.1) is 0 Å². The van der Waals surface area contributed by atoms with Gasteiger partial charge in [0.15, 0.2) is 0 Å². The molecule has 0 spiro atoms. The highest BCUT2D eigenvalue weighted by molar-refractivity contribution is 7.09. The Hall–Kier alpha value is -1.94. The fraction of sp³-hybridized carbons (Fsp3) is 0.750. The van der Waals surface area contributed by atoms with Crippen LogP contribution >= 0.6 is 11.5 Å². The van der Waals surface area contributed by atoms with E-state index in [1.807, 2.05) is 0 Å². The van der Waals surface area contributed by atoms with Gasteiger partial charge in [0.05, 0.1) is 13.7 Å². The first kappa shape index (κ1) is 20.4. The molecule has 1 aliphatic heterocycles. The third-order valence-electron chi connectivity index (χ3n) is 4.17. The fourth-order valence-electron chi connectivity index (χ4n) is 2.78. The molecule has 2 amide bonds. The molecule has 1 atom stereocenters. The molecule has 1 fully saturated rings. The molecule has 1 saturated heterocycles. The molecule has 9 nitrogen and oxygen atoms in total. The maximum atomic E-state index is 12.4. The number of carbonyl (C=O) groups is 2. The zero-order valence-electron chi connectivity index (χ0n) is 15.3. The third kappa shape index (κ3) is 6.75. The summed E-state index contributed by atoms with van der Waals surface area (Å²) in [4.78, 5) is 29.8. The Kier molecular flexibility index (Phi) is 8.56. The van der Waals surface area contributed by atoms with Crippen LogP contribution in [-0.4, -0.2) is 72.8 Å². The zero-order chi connectivity index (χ0) is 18.8. The topological polar surface area (TPSA) is 106 Å². The molecule has 1 aromatic rings. The second-order valence-electron chi connectivity index (χ2n) is 6.13. The van der Waals surface area contributed by atoms with Crippen LogP contribution in [0.25, 0.3) is 0 Å². The van der Waals surface area contributed by atoms with Crippen molar-refractivity contribution >= 4 is 28.7 Å². The maximum absolute atomic E-state index is 12.4. The lowest BCUT2D eigenvalue weighted by atomic mass is 10.0. The van der Waals surface area contributed by atoms with Gasteiger partial charge < -0.3 is 25.0 Å². The van der Waals surface area contributed by atoms with E-state index in [-0.39, 0.29) is 18.5 Å². The van der Waals surface area contributed by atoms with Crippen molar-refractivity contribution in [1.29, 1.82) is 0 Å². The second kappa shape index (κ2) is 10.9. The number of alkyl carbamates (subject to hydrolysis) is 1. The summed E-state index contributed by atoms with van der Waals surface area (Å²) in [7, 11) is 2.93. The van der Waals surface area contributed by atoms with E-state index < -0.39 is 6.09 Å². The number of amides is 2. The van der Waals surface area contributed by atoms with E-state index in [4.69, 9.17) is 4.74 Å². The molecular formula is C16H27N5O4S. The zero-order valence-corrected chi connectivity index (χ0v) is 16.1. The summed E-state index contributed by atoms with van der Waals surface area (Å²) < 4.78 is 13.9. The largest absolute Gasteiger partial charge is 0.453 e. The van der Waals surface area contributed by atoms with Crippen molar-refractivity contribution < 1.29 is 19.1 Å². The molecule has 2 rings (SSSR count). The van der Waals surface area contributed by atoms with Crippen molar-refractivity contribution in [3.05, 3.63) is 5.82 Å². The molecule has 0 bridgehead atoms. The average Bonchev–Trinajstić information content (AvgIpc) is 3.07. The van der Waals surface area contributed by atoms with Gasteiger partial charge in [0.25, 0.3) is 0 Å². The van der Waals surface area contributed by atoms with Crippen LogP contribution in [0.15, 0.2) is 0 Å². The van der Waals surface area contributed by atoms with Gasteiger partial charge in [0.2, 0.25) is 11.0 Å². The molecule has 146 valence electrons. The number of hydrogen-bond donors (Lipinski definition) is 2. The Balaban J connectivity index is 1.90. The Bertz CT molecular complexity index is 583. The van der Waals surface area contributed by atoms with E-state index in [1.54, 1.807) is 12.0 Å². The number of nitrogens with one attached hydrogen (secondary N) is 2. The van der Waals surface area contributed by atoms with Crippen molar-refractivity contribution in [2.75, 3.05) is 45.8 Å². The molecule has 1 aromatic heterocycles. The summed E-state index contributed by atoms with van der Waals surface area (Å²) in [5.41, 5.74) is 0. The number of methoxy groups -OCH3 is 2.